The maximum atomic E-state index is 12.3. The molecule has 0 bridgehead atoms. The summed E-state index contributed by atoms with van der Waals surface area (Å²) in [6, 6.07) is 2.14. The number of H-pyrrole nitrogens is 1. The Bertz CT molecular complexity index is 551. The lowest BCUT2D eigenvalue weighted by Crippen LogP contribution is -2.53. The van der Waals surface area contributed by atoms with Gasteiger partial charge in [-0.15, -0.1) is 0 Å². The number of piperazine rings is 1. The number of fused-ring (bicyclic) bond motifs is 1. The van der Waals surface area contributed by atoms with Gasteiger partial charge in [0.25, 0.3) is 0 Å². The van der Waals surface area contributed by atoms with E-state index in [9.17, 15) is 9.59 Å². The third-order valence-corrected chi connectivity index (χ3v) is 4.13. The van der Waals surface area contributed by atoms with Gasteiger partial charge in [0.15, 0.2) is 5.78 Å². The highest BCUT2D eigenvalue weighted by molar-refractivity contribution is 5.98. The van der Waals surface area contributed by atoms with Gasteiger partial charge in [0, 0.05) is 43.1 Å². The summed E-state index contributed by atoms with van der Waals surface area (Å²) in [5.74, 6) is 0.151. The summed E-state index contributed by atoms with van der Waals surface area (Å²) >= 11 is 0. The second kappa shape index (κ2) is 4.94. The number of nitrogens with one attached hydrogen (secondary N) is 2. The molecule has 1 aromatic rings. The zero-order valence-corrected chi connectivity index (χ0v) is 11.9. The number of ketones is 1. The lowest BCUT2D eigenvalue weighted by Gasteiger charge is -2.35. The Labute approximate surface area is 118 Å². The van der Waals surface area contributed by atoms with E-state index in [4.69, 9.17) is 0 Å². The first-order valence-electron chi connectivity index (χ1n) is 7.01. The molecule has 2 aliphatic rings. The predicted molar refractivity (Wildman–Crippen MR) is 74.9 cm³/mol. The van der Waals surface area contributed by atoms with Gasteiger partial charge in [-0.2, -0.15) is 0 Å². The van der Waals surface area contributed by atoms with Crippen molar-refractivity contribution in [3.63, 3.8) is 0 Å². The van der Waals surface area contributed by atoms with Crippen molar-refractivity contribution in [3.8, 4) is 0 Å². The fourth-order valence-corrected chi connectivity index (χ4v) is 3.11. The van der Waals surface area contributed by atoms with E-state index in [-0.39, 0.29) is 17.9 Å². The number of carbonyl (C=O) groups excluding carboxylic acids is 2. The van der Waals surface area contributed by atoms with Gasteiger partial charge in [-0.25, -0.2) is 4.79 Å². The predicted octanol–water partition coefficient (Wildman–Crippen LogP) is 0.524. The van der Waals surface area contributed by atoms with E-state index >= 15 is 0 Å². The molecule has 0 aliphatic carbocycles. The SMILES string of the molecule is Cc1cc(C(=O)CN2CCN3C(=O)NCC3C2)c(C)[nH]1. The van der Waals surface area contributed by atoms with Crippen LogP contribution in [0.25, 0.3) is 0 Å². The molecule has 0 saturated carbocycles. The molecule has 0 radical (unpaired) electrons. The summed E-state index contributed by atoms with van der Waals surface area (Å²) in [4.78, 5) is 31.1. The van der Waals surface area contributed by atoms with E-state index in [1.165, 1.54) is 0 Å². The monoisotopic (exact) mass is 276 g/mol. The molecular formula is C14H20N4O2. The number of aryl methyl sites for hydroxylation is 2. The van der Waals surface area contributed by atoms with Crippen molar-refractivity contribution in [3.05, 3.63) is 23.0 Å². The average molecular weight is 276 g/mol. The van der Waals surface area contributed by atoms with E-state index in [1.807, 2.05) is 24.8 Å². The van der Waals surface area contributed by atoms with Gasteiger partial charge < -0.3 is 15.2 Å². The third kappa shape index (κ3) is 2.31. The number of amides is 2. The van der Waals surface area contributed by atoms with Gasteiger partial charge >= 0.3 is 6.03 Å². The van der Waals surface area contributed by atoms with E-state index in [0.29, 0.717) is 19.6 Å². The van der Waals surface area contributed by atoms with Crippen LogP contribution in [0.1, 0.15) is 21.7 Å². The molecule has 1 unspecified atom stereocenters. The average Bonchev–Trinajstić information content (AvgIpc) is 2.93. The van der Waals surface area contributed by atoms with Crippen molar-refractivity contribution < 1.29 is 9.59 Å². The maximum absolute atomic E-state index is 12.3. The number of nitrogens with zero attached hydrogens (tertiary/aromatic N) is 2. The van der Waals surface area contributed by atoms with Crippen molar-refractivity contribution in [1.82, 2.24) is 20.1 Å². The summed E-state index contributed by atoms with van der Waals surface area (Å²) in [7, 11) is 0. The first-order chi connectivity index (χ1) is 9.54. The number of urea groups is 1. The van der Waals surface area contributed by atoms with Crippen LogP contribution < -0.4 is 5.32 Å². The second-order valence-electron chi connectivity index (χ2n) is 5.68. The summed E-state index contributed by atoms with van der Waals surface area (Å²) in [6.45, 7) is 7.23. The van der Waals surface area contributed by atoms with Crippen LogP contribution in [0.4, 0.5) is 4.79 Å². The maximum Gasteiger partial charge on any atom is 0.317 e. The zero-order valence-electron chi connectivity index (χ0n) is 11.9. The Kier molecular flexibility index (Phi) is 3.25. The molecule has 3 rings (SSSR count). The Morgan fingerprint density at radius 2 is 2.20 bits per heavy atom. The molecule has 6 heteroatoms. The highest BCUT2D eigenvalue weighted by Gasteiger charge is 2.35. The van der Waals surface area contributed by atoms with E-state index in [1.54, 1.807) is 0 Å². The Morgan fingerprint density at radius 3 is 2.90 bits per heavy atom. The number of rotatable bonds is 3. The molecule has 0 spiro atoms. The van der Waals surface area contributed by atoms with Crippen LogP contribution in [-0.2, 0) is 0 Å². The molecule has 0 aromatic carbocycles. The van der Waals surface area contributed by atoms with E-state index in [0.717, 1.165) is 30.0 Å². The summed E-state index contributed by atoms with van der Waals surface area (Å²) in [5, 5.41) is 2.85. The Balaban J connectivity index is 1.63. The zero-order chi connectivity index (χ0) is 14.3. The molecule has 2 aliphatic heterocycles. The summed E-state index contributed by atoms with van der Waals surface area (Å²) in [5.41, 5.74) is 2.73. The topological polar surface area (TPSA) is 68.4 Å². The summed E-state index contributed by atoms with van der Waals surface area (Å²) < 4.78 is 0. The lowest BCUT2D eigenvalue weighted by atomic mass is 10.1. The minimum Gasteiger partial charge on any atom is -0.362 e. The van der Waals surface area contributed by atoms with Gasteiger partial charge in [0.1, 0.15) is 0 Å². The Hall–Kier alpha value is -1.82. The smallest absolute Gasteiger partial charge is 0.317 e. The molecule has 3 heterocycles. The fourth-order valence-electron chi connectivity index (χ4n) is 3.11. The van der Waals surface area contributed by atoms with Crippen molar-refractivity contribution in [1.29, 1.82) is 0 Å². The fraction of sp³-hybridized carbons (Fsp3) is 0.571. The number of aromatic amines is 1. The van der Waals surface area contributed by atoms with Crippen LogP contribution >= 0.6 is 0 Å². The van der Waals surface area contributed by atoms with Gasteiger partial charge in [-0.05, 0) is 19.9 Å². The minimum atomic E-state index is 0.0260. The van der Waals surface area contributed by atoms with Gasteiger partial charge in [-0.1, -0.05) is 0 Å². The van der Waals surface area contributed by atoms with Crippen LogP contribution in [0, 0.1) is 13.8 Å². The molecular weight excluding hydrogens is 256 g/mol. The molecule has 20 heavy (non-hydrogen) atoms. The largest absolute Gasteiger partial charge is 0.362 e. The third-order valence-electron chi connectivity index (χ3n) is 4.13. The van der Waals surface area contributed by atoms with E-state index < -0.39 is 0 Å². The molecule has 2 saturated heterocycles. The first kappa shape index (κ1) is 13.2. The van der Waals surface area contributed by atoms with Gasteiger partial charge in [0.2, 0.25) is 0 Å². The van der Waals surface area contributed by atoms with Gasteiger partial charge in [-0.3, -0.25) is 9.69 Å². The molecule has 2 N–H and O–H groups in total. The van der Waals surface area contributed by atoms with Crippen LogP contribution in [0.2, 0.25) is 0 Å². The quantitative estimate of drug-likeness (QED) is 0.791. The molecule has 6 nitrogen and oxygen atoms in total. The van der Waals surface area contributed by atoms with E-state index in [2.05, 4.69) is 15.2 Å². The highest BCUT2D eigenvalue weighted by Crippen LogP contribution is 2.16. The van der Waals surface area contributed by atoms with Crippen molar-refractivity contribution in [2.45, 2.75) is 19.9 Å². The lowest BCUT2D eigenvalue weighted by molar-refractivity contribution is 0.0838. The molecule has 1 atom stereocenters. The molecule has 108 valence electrons. The number of hydrogen-bond acceptors (Lipinski definition) is 3. The first-order valence-corrected chi connectivity index (χ1v) is 7.01. The van der Waals surface area contributed by atoms with Crippen molar-refractivity contribution in [2.75, 3.05) is 32.7 Å². The number of Topliss-reactive ketones (excluding diaryl/α,β-unsaturated/α-hetero) is 1. The van der Waals surface area contributed by atoms with Crippen LogP contribution in [0.5, 0.6) is 0 Å². The highest BCUT2D eigenvalue weighted by atomic mass is 16.2. The van der Waals surface area contributed by atoms with Crippen LogP contribution in [0.15, 0.2) is 6.07 Å². The minimum absolute atomic E-state index is 0.0260. The standard InChI is InChI=1S/C14H20N4O2/c1-9-5-12(10(2)16-9)13(19)8-17-3-4-18-11(7-17)6-15-14(18)20/h5,11,16H,3-4,6-8H2,1-2H3,(H,15,20). The number of carbonyl (C=O) groups is 2. The van der Waals surface area contributed by atoms with Crippen LogP contribution in [-0.4, -0.2) is 65.4 Å². The molecule has 2 amide bonds. The Morgan fingerprint density at radius 1 is 1.40 bits per heavy atom. The second-order valence-corrected chi connectivity index (χ2v) is 5.68. The van der Waals surface area contributed by atoms with Crippen LogP contribution in [0.3, 0.4) is 0 Å². The van der Waals surface area contributed by atoms with Crippen molar-refractivity contribution >= 4 is 11.8 Å². The molecule has 2 fully saturated rings. The van der Waals surface area contributed by atoms with Gasteiger partial charge in [0.05, 0.1) is 12.6 Å². The summed E-state index contributed by atoms with van der Waals surface area (Å²) in [6.07, 6.45) is 0. The normalized spacial score (nSPS) is 22.8. The van der Waals surface area contributed by atoms with Crippen molar-refractivity contribution in [2.24, 2.45) is 0 Å². The molecule has 1 aromatic heterocycles. The number of aromatic nitrogens is 1. The number of hydrogen-bond donors (Lipinski definition) is 2.